The van der Waals surface area contributed by atoms with Crippen molar-refractivity contribution in [2.75, 3.05) is 18.5 Å². The Kier molecular flexibility index (Phi) is 3.66. The molecule has 0 bridgehead atoms. The Morgan fingerprint density at radius 3 is 2.60 bits per heavy atom. The number of carboxylic acid groups (broad SMARTS) is 1. The molecule has 0 aliphatic rings. The van der Waals surface area contributed by atoms with E-state index in [2.05, 4.69) is 4.98 Å². The zero-order valence-electron chi connectivity index (χ0n) is 9.32. The molecule has 1 heterocycles. The van der Waals surface area contributed by atoms with Crippen LogP contribution in [0.25, 0.3) is 0 Å². The van der Waals surface area contributed by atoms with Crippen molar-refractivity contribution in [2.24, 2.45) is 0 Å². The highest BCUT2D eigenvalue weighted by Crippen LogP contribution is 2.14. The fourth-order valence-electron chi connectivity index (χ4n) is 1.23. The van der Waals surface area contributed by atoms with Gasteiger partial charge in [0.25, 0.3) is 0 Å². The first-order valence-corrected chi connectivity index (χ1v) is 5.03. The second kappa shape index (κ2) is 4.77. The number of anilines is 1. The Bertz CT molecular complexity index is 364. The maximum Gasteiger partial charge on any atom is 0.335 e. The van der Waals surface area contributed by atoms with Crippen LogP contribution in [-0.2, 0) is 6.42 Å². The lowest BCUT2D eigenvalue weighted by Gasteiger charge is -2.16. The summed E-state index contributed by atoms with van der Waals surface area (Å²) < 4.78 is 0. The van der Waals surface area contributed by atoms with Crippen LogP contribution in [0.1, 0.15) is 29.9 Å². The first-order chi connectivity index (χ1) is 7.08. The predicted molar refractivity (Wildman–Crippen MR) is 59.5 cm³/mol. The molecule has 0 aromatic carbocycles. The molecule has 15 heavy (non-hydrogen) atoms. The van der Waals surface area contributed by atoms with Crippen LogP contribution in [-0.4, -0.2) is 29.7 Å². The summed E-state index contributed by atoms with van der Waals surface area (Å²) in [7, 11) is 1.90. The minimum absolute atomic E-state index is 0.303. The number of hydrogen-bond acceptors (Lipinski definition) is 3. The van der Waals surface area contributed by atoms with E-state index >= 15 is 0 Å². The maximum atomic E-state index is 10.9. The number of carbonyl (C=O) groups is 1. The van der Waals surface area contributed by atoms with Gasteiger partial charge in [-0.05, 0) is 25.5 Å². The highest BCUT2D eigenvalue weighted by atomic mass is 16.4. The quantitative estimate of drug-likeness (QED) is 0.819. The lowest BCUT2D eigenvalue weighted by atomic mass is 10.2. The summed E-state index contributed by atoms with van der Waals surface area (Å²) in [6.07, 6.45) is 0.742. The van der Waals surface area contributed by atoms with E-state index in [0.717, 1.165) is 18.7 Å². The lowest BCUT2D eigenvalue weighted by molar-refractivity contribution is 0.0696. The van der Waals surface area contributed by atoms with Gasteiger partial charge in [0.05, 0.1) is 5.56 Å². The number of aryl methyl sites for hydroxylation is 1. The Morgan fingerprint density at radius 2 is 2.13 bits per heavy atom. The van der Waals surface area contributed by atoms with E-state index in [1.165, 1.54) is 0 Å². The molecule has 0 saturated carbocycles. The van der Waals surface area contributed by atoms with Crippen LogP contribution in [0, 0.1) is 0 Å². The summed E-state index contributed by atoms with van der Waals surface area (Å²) >= 11 is 0. The molecule has 4 nitrogen and oxygen atoms in total. The summed E-state index contributed by atoms with van der Waals surface area (Å²) in [6.45, 7) is 4.77. The summed E-state index contributed by atoms with van der Waals surface area (Å²) in [5.74, 6) is -0.188. The van der Waals surface area contributed by atoms with Gasteiger partial charge in [-0.15, -0.1) is 0 Å². The molecular weight excluding hydrogens is 192 g/mol. The summed E-state index contributed by atoms with van der Waals surface area (Å²) in [6, 6.07) is 3.22. The smallest absolute Gasteiger partial charge is 0.335 e. The molecule has 0 fully saturated rings. The van der Waals surface area contributed by atoms with Gasteiger partial charge < -0.3 is 10.0 Å². The Morgan fingerprint density at radius 1 is 1.47 bits per heavy atom. The molecule has 0 radical (unpaired) electrons. The van der Waals surface area contributed by atoms with Crippen molar-refractivity contribution < 1.29 is 9.90 Å². The summed E-state index contributed by atoms with van der Waals surface area (Å²) in [4.78, 5) is 17.2. The first kappa shape index (κ1) is 11.5. The van der Waals surface area contributed by atoms with Crippen molar-refractivity contribution in [3.8, 4) is 0 Å². The Balaban J connectivity index is 3.16. The van der Waals surface area contributed by atoms with E-state index in [1.807, 2.05) is 25.8 Å². The van der Waals surface area contributed by atoms with Crippen LogP contribution in [0.3, 0.4) is 0 Å². The summed E-state index contributed by atoms with van der Waals surface area (Å²) in [5, 5.41) is 8.94. The van der Waals surface area contributed by atoms with E-state index in [9.17, 15) is 4.79 Å². The van der Waals surface area contributed by atoms with E-state index < -0.39 is 5.97 Å². The normalized spacial score (nSPS) is 10.1. The van der Waals surface area contributed by atoms with Gasteiger partial charge in [-0.2, -0.15) is 0 Å². The van der Waals surface area contributed by atoms with E-state index in [0.29, 0.717) is 11.4 Å². The Labute approximate surface area is 89.6 Å². The number of nitrogens with zero attached hydrogens (tertiary/aromatic N) is 2. The molecule has 0 unspecified atom stereocenters. The standard InChI is InChI=1S/C11H16N2O2/c1-4-9-6-8(11(14)15)7-10(12-9)13(3)5-2/h6-7H,4-5H2,1-3H3,(H,14,15). The van der Waals surface area contributed by atoms with Crippen LogP contribution < -0.4 is 4.90 Å². The van der Waals surface area contributed by atoms with Crippen molar-refractivity contribution in [2.45, 2.75) is 20.3 Å². The van der Waals surface area contributed by atoms with Crippen LogP contribution in [0.5, 0.6) is 0 Å². The van der Waals surface area contributed by atoms with Crippen molar-refractivity contribution >= 4 is 11.8 Å². The van der Waals surface area contributed by atoms with Crippen LogP contribution in [0.15, 0.2) is 12.1 Å². The number of aromatic carboxylic acids is 1. The monoisotopic (exact) mass is 208 g/mol. The molecule has 1 N–H and O–H groups in total. The molecule has 1 aromatic heterocycles. The molecule has 0 spiro atoms. The topological polar surface area (TPSA) is 53.4 Å². The average molecular weight is 208 g/mol. The molecule has 1 aromatic rings. The molecule has 0 aliphatic carbocycles. The molecule has 0 saturated heterocycles. The van der Waals surface area contributed by atoms with Gasteiger partial charge in [0.2, 0.25) is 0 Å². The highest BCUT2D eigenvalue weighted by Gasteiger charge is 2.09. The van der Waals surface area contributed by atoms with Gasteiger partial charge in [0.15, 0.2) is 0 Å². The van der Waals surface area contributed by atoms with Crippen molar-refractivity contribution in [3.05, 3.63) is 23.4 Å². The number of pyridine rings is 1. The lowest BCUT2D eigenvalue weighted by Crippen LogP contribution is -2.18. The minimum Gasteiger partial charge on any atom is -0.478 e. The number of aromatic nitrogens is 1. The molecule has 4 heteroatoms. The van der Waals surface area contributed by atoms with Crippen molar-refractivity contribution in [3.63, 3.8) is 0 Å². The van der Waals surface area contributed by atoms with Gasteiger partial charge in [0.1, 0.15) is 5.82 Å². The van der Waals surface area contributed by atoms with Gasteiger partial charge >= 0.3 is 5.97 Å². The second-order valence-electron chi connectivity index (χ2n) is 3.38. The van der Waals surface area contributed by atoms with Crippen molar-refractivity contribution in [1.82, 2.24) is 4.98 Å². The van der Waals surface area contributed by atoms with E-state index in [-0.39, 0.29) is 0 Å². The van der Waals surface area contributed by atoms with Crippen LogP contribution >= 0.6 is 0 Å². The number of carboxylic acids is 1. The molecule has 1 rings (SSSR count). The highest BCUT2D eigenvalue weighted by molar-refractivity contribution is 5.88. The third kappa shape index (κ3) is 2.68. The second-order valence-corrected chi connectivity index (χ2v) is 3.38. The zero-order valence-corrected chi connectivity index (χ0v) is 9.32. The van der Waals surface area contributed by atoms with E-state index in [4.69, 9.17) is 5.11 Å². The van der Waals surface area contributed by atoms with Gasteiger partial charge in [-0.25, -0.2) is 9.78 Å². The predicted octanol–water partition coefficient (Wildman–Crippen LogP) is 1.80. The average Bonchev–Trinajstić information content (AvgIpc) is 2.27. The molecule has 0 amide bonds. The molecule has 0 aliphatic heterocycles. The van der Waals surface area contributed by atoms with Gasteiger partial charge in [0, 0.05) is 19.3 Å². The van der Waals surface area contributed by atoms with E-state index in [1.54, 1.807) is 12.1 Å². The maximum absolute atomic E-state index is 10.9. The van der Waals surface area contributed by atoms with Crippen LogP contribution in [0.4, 0.5) is 5.82 Å². The molecule has 82 valence electrons. The van der Waals surface area contributed by atoms with Crippen LogP contribution in [0.2, 0.25) is 0 Å². The third-order valence-corrected chi connectivity index (χ3v) is 2.34. The minimum atomic E-state index is -0.905. The largest absolute Gasteiger partial charge is 0.478 e. The number of hydrogen-bond donors (Lipinski definition) is 1. The van der Waals surface area contributed by atoms with Gasteiger partial charge in [-0.1, -0.05) is 6.92 Å². The van der Waals surface area contributed by atoms with Gasteiger partial charge in [-0.3, -0.25) is 0 Å². The third-order valence-electron chi connectivity index (χ3n) is 2.34. The number of rotatable bonds is 4. The first-order valence-electron chi connectivity index (χ1n) is 5.03. The Hall–Kier alpha value is -1.58. The summed E-state index contributed by atoms with van der Waals surface area (Å²) in [5.41, 5.74) is 1.11. The molecular formula is C11H16N2O2. The SMILES string of the molecule is CCc1cc(C(=O)O)cc(N(C)CC)n1. The fraction of sp³-hybridized carbons (Fsp3) is 0.455. The zero-order chi connectivity index (χ0) is 11.4. The molecule has 0 atom stereocenters. The van der Waals surface area contributed by atoms with Crippen molar-refractivity contribution in [1.29, 1.82) is 0 Å². The fourth-order valence-corrected chi connectivity index (χ4v) is 1.23.